The maximum Gasteiger partial charge on any atom is 0.268 e. The van der Waals surface area contributed by atoms with Gasteiger partial charge in [0.25, 0.3) is 5.89 Å². The van der Waals surface area contributed by atoms with Crippen LogP contribution in [0.15, 0.2) is 16.7 Å². The molecule has 0 amide bonds. The van der Waals surface area contributed by atoms with Gasteiger partial charge in [-0.3, -0.25) is 0 Å². The number of thiophene rings is 1. The van der Waals surface area contributed by atoms with Gasteiger partial charge >= 0.3 is 0 Å². The lowest BCUT2D eigenvalue weighted by molar-refractivity contribution is 0.0734. The molecule has 0 spiro atoms. The third-order valence-electron chi connectivity index (χ3n) is 2.90. The molecular weight excluding hydrogens is 250 g/mol. The third kappa shape index (κ3) is 2.31. The van der Waals surface area contributed by atoms with Crippen molar-refractivity contribution < 1.29 is 9.26 Å². The Bertz CT molecular complexity index is 517. The van der Waals surface area contributed by atoms with Gasteiger partial charge in [-0.05, 0) is 18.6 Å². The average molecular weight is 265 g/mol. The number of nitrogens with zero attached hydrogens (tertiary/aromatic N) is 2. The molecule has 2 aromatic heterocycles. The molecule has 18 heavy (non-hydrogen) atoms. The number of nitrogens with one attached hydrogen (secondary N) is 1. The lowest BCUT2D eigenvalue weighted by Crippen LogP contribution is -2.35. The number of aromatic nitrogens is 2. The smallest absolute Gasteiger partial charge is 0.268 e. The van der Waals surface area contributed by atoms with Gasteiger partial charge in [0.2, 0.25) is 0 Å². The summed E-state index contributed by atoms with van der Waals surface area (Å²) >= 11 is 1.70. The van der Waals surface area contributed by atoms with Crippen LogP contribution in [0.3, 0.4) is 0 Å². The molecule has 6 heteroatoms. The second-order valence-corrected chi connectivity index (χ2v) is 5.33. The first-order chi connectivity index (χ1) is 8.86. The molecule has 0 saturated carbocycles. The molecule has 0 bridgehead atoms. The Kier molecular flexibility index (Phi) is 3.40. The highest BCUT2D eigenvalue weighted by molar-refractivity contribution is 7.15. The van der Waals surface area contributed by atoms with Gasteiger partial charge in [0, 0.05) is 11.4 Å². The summed E-state index contributed by atoms with van der Waals surface area (Å²) in [5.41, 5.74) is 0. The number of morpholine rings is 1. The van der Waals surface area contributed by atoms with E-state index < -0.39 is 0 Å². The summed E-state index contributed by atoms with van der Waals surface area (Å²) in [7, 11) is 0. The molecule has 1 aliphatic rings. The van der Waals surface area contributed by atoms with E-state index in [-0.39, 0.29) is 6.04 Å². The van der Waals surface area contributed by atoms with Crippen molar-refractivity contribution in [1.82, 2.24) is 15.5 Å². The highest BCUT2D eigenvalue weighted by atomic mass is 32.1. The van der Waals surface area contributed by atoms with Crippen LogP contribution < -0.4 is 5.32 Å². The minimum atomic E-state index is 0.0434. The Balaban J connectivity index is 1.79. The summed E-state index contributed by atoms with van der Waals surface area (Å²) in [5, 5.41) is 7.34. The van der Waals surface area contributed by atoms with Crippen LogP contribution in [0.2, 0.25) is 0 Å². The average Bonchev–Trinajstić information content (AvgIpc) is 3.08. The monoisotopic (exact) mass is 265 g/mol. The fourth-order valence-corrected chi connectivity index (χ4v) is 2.76. The zero-order chi connectivity index (χ0) is 12.4. The Hall–Kier alpha value is -1.24. The van der Waals surface area contributed by atoms with Gasteiger partial charge in [-0.1, -0.05) is 12.1 Å². The Labute approximate surface area is 109 Å². The van der Waals surface area contributed by atoms with Gasteiger partial charge in [-0.15, -0.1) is 11.3 Å². The van der Waals surface area contributed by atoms with E-state index in [2.05, 4.69) is 28.4 Å². The molecule has 1 N–H and O–H groups in total. The molecule has 1 atom stereocenters. The number of rotatable bonds is 3. The molecule has 2 aromatic rings. The third-order valence-corrected chi connectivity index (χ3v) is 4.11. The second kappa shape index (κ2) is 5.17. The molecular formula is C12H15N3O2S. The van der Waals surface area contributed by atoms with Crippen molar-refractivity contribution in [3.8, 4) is 10.8 Å². The van der Waals surface area contributed by atoms with Gasteiger partial charge in [0.05, 0.1) is 24.1 Å². The molecule has 1 unspecified atom stereocenters. The summed E-state index contributed by atoms with van der Waals surface area (Å²) in [6.07, 6.45) is 1.03. The van der Waals surface area contributed by atoms with Crippen LogP contribution in [0, 0.1) is 0 Å². The lowest BCUT2D eigenvalue weighted by Gasteiger charge is -2.20. The van der Waals surface area contributed by atoms with E-state index in [1.165, 1.54) is 4.88 Å². The van der Waals surface area contributed by atoms with Crippen molar-refractivity contribution in [2.75, 3.05) is 19.8 Å². The highest BCUT2D eigenvalue weighted by Crippen LogP contribution is 2.28. The van der Waals surface area contributed by atoms with Crippen molar-refractivity contribution in [3.63, 3.8) is 0 Å². The van der Waals surface area contributed by atoms with Gasteiger partial charge in [0.1, 0.15) is 0 Å². The predicted molar refractivity (Wildman–Crippen MR) is 68.6 cm³/mol. The minimum absolute atomic E-state index is 0.0434. The largest absolute Gasteiger partial charge is 0.378 e. The van der Waals surface area contributed by atoms with Crippen molar-refractivity contribution in [3.05, 3.63) is 22.8 Å². The molecule has 1 saturated heterocycles. The van der Waals surface area contributed by atoms with Crippen LogP contribution >= 0.6 is 11.3 Å². The van der Waals surface area contributed by atoms with E-state index in [1.54, 1.807) is 11.3 Å². The molecule has 96 valence electrons. The van der Waals surface area contributed by atoms with Crippen molar-refractivity contribution in [2.45, 2.75) is 19.4 Å². The first-order valence-corrected chi connectivity index (χ1v) is 6.92. The van der Waals surface area contributed by atoms with Crippen molar-refractivity contribution in [1.29, 1.82) is 0 Å². The maximum absolute atomic E-state index is 5.39. The van der Waals surface area contributed by atoms with Gasteiger partial charge in [0.15, 0.2) is 5.82 Å². The highest BCUT2D eigenvalue weighted by Gasteiger charge is 2.21. The number of aryl methyl sites for hydroxylation is 1. The molecule has 0 aliphatic carbocycles. The van der Waals surface area contributed by atoms with Gasteiger partial charge in [-0.2, -0.15) is 4.98 Å². The fraction of sp³-hybridized carbons (Fsp3) is 0.500. The van der Waals surface area contributed by atoms with Crippen molar-refractivity contribution in [2.24, 2.45) is 0 Å². The van der Waals surface area contributed by atoms with Crippen LogP contribution in [0.25, 0.3) is 10.8 Å². The second-order valence-electron chi connectivity index (χ2n) is 4.16. The standard InChI is InChI=1S/C12H15N3O2S/c1-2-8-3-4-10(18-8)12-14-11(15-17-12)9-7-16-6-5-13-9/h3-4,9,13H,2,5-7H2,1H3. The van der Waals surface area contributed by atoms with E-state index in [9.17, 15) is 0 Å². The predicted octanol–water partition coefficient (Wildman–Crippen LogP) is 2.02. The normalized spacial score (nSPS) is 20.2. The minimum Gasteiger partial charge on any atom is -0.378 e. The lowest BCUT2D eigenvalue weighted by atomic mass is 10.2. The SMILES string of the molecule is CCc1ccc(-c2nc(C3COCCN3)no2)s1. The van der Waals surface area contributed by atoms with E-state index in [1.807, 2.05) is 6.07 Å². The zero-order valence-electron chi connectivity index (χ0n) is 10.2. The van der Waals surface area contributed by atoms with E-state index in [4.69, 9.17) is 9.26 Å². The summed E-state index contributed by atoms with van der Waals surface area (Å²) < 4.78 is 10.7. The molecule has 0 aromatic carbocycles. The number of ether oxygens (including phenoxy) is 1. The number of hydrogen-bond acceptors (Lipinski definition) is 6. The summed E-state index contributed by atoms with van der Waals surface area (Å²) in [4.78, 5) is 6.79. The first-order valence-electron chi connectivity index (χ1n) is 6.10. The molecule has 3 rings (SSSR count). The maximum atomic E-state index is 5.39. The molecule has 1 aliphatic heterocycles. The van der Waals surface area contributed by atoms with Crippen LogP contribution in [0.5, 0.6) is 0 Å². The Morgan fingerprint density at radius 1 is 1.50 bits per heavy atom. The molecule has 1 fully saturated rings. The van der Waals surface area contributed by atoms with E-state index >= 15 is 0 Å². The Morgan fingerprint density at radius 3 is 3.17 bits per heavy atom. The summed E-state index contributed by atoms with van der Waals surface area (Å²) in [6, 6.07) is 4.18. The topological polar surface area (TPSA) is 60.2 Å². The van der Waals surface area contributed by atoms with Gasteiger partial charge < -0.3 is 14.6 Å². The quantitative estimate of drug-likeness (QED) is 0.920. The van der Waals surface area contributed by atoms with Crippen molar-refractivity contribution >= 4 is 11.3 Å². The fourth-order valence-electron chi connectivity index (χ4n) is 1.89. The van der Waals surface area contributed by atoms with Crippen LogP contribution in [0.4, 0.5) is 0 Å². The summed E-state index contributed by atoms with van der Waals surface area (Å²) in [5.74, 6) is 1.28. The van der Waals surface area contributed by atoms with Crippen LogP contribution in [0.1, 0.15) is 23.7 Å². The van der Waals surface area contributed by atoms with Gasteiger partial charge in [-0.25, -0.2) is 0 Å². The molecule has 0 radical (unpaired) electrons. The summed E-state index contributed by atoms with van der Waals surface area (Å²) in [6.45, 7) is 4.31. The first kappa shape index (κ1) is 11.8. The van der Waals surface area contributed by atoms with E-state index in [0.29, 0.717) is 18.3 Å². The number of hydrogen-bond donors (Lipinski definition) is 1. The molecule has 5 nitrogen and oxygen atoms in total. The van der Waals surface area contributed by atoms with E-state index in [0.717, 1.165) is 24.4 Å². The molecule has 3 heterocycles. The van der Waals surface area contributed by atoms with Crippen LogP contribution in [-0.4, -0.2) is 29.9 Å². The Morgan fingerprint density at radius 2 is 2.44 bits per heavy atom. The zero-order valence-corrected chi connectivity index (χ0v) is 11.0. The van der Waals surface area contributed by atoms with Crippen LogP contribution in [-0.2, 0) is 11.2 Å².